The first kappa shape index (κ1) is 15.1. The first-order valence-corrected chi connectivity index (χ1v) is 6.68. The van der Waals surface area contributed by atoms with Gasteiger partial charge in [-0.2, -0.15) is 0 Å². The van der Waals surface area contributed by atoms with Gasteiger partial charge in [0.05, 0.1) is 12.6 Å². The fourth-order valence-electron chi connectivity index (χ4n) is 2.52. The monoisotopic (exact) mass is 294 g/mol. The summed E-state index contributed by atoms with van der Waals surface area (Å²) in [5, 5.41) is 30.3. The Labute approximate surface area is 121 Å². The maximum absolute atomic E-state index is 12.2. The van der Waals surface area contributed by atoms with E-state index in [1.807, 2.05) is 6.92 Å². The first-order chi connectivity index (χ1) is 9.93. The maximum Gasteiger partial charge on any atom is 0.339 e. The Balaban J connectivity index is 2.13. The van der Waals surface area contributed by atoms with Crippen molar-refractivity contribution >= 4 is 17.7 Å². The van der Waals surface area contributed by atoms with E-state index in [2.05, 4.69) is 5.32 Å². The molecule has 7 heteroatoms. The number of amides is 2. The Kier molecular flexibility index (Phi) is 4.32. The zero-order valence-corrected chi connectivity index (χ0v) is 11.6. The van der Waals surface area contributed by atoms with Gasteiger partial charge in [-0.1, -0.05) is 6.92 Å². The van der Waals surface area contributed by atoms with E-state index in [1.165, 1.54) is 23.1 Å². The lowest BCUT2D eigenvalue weighted by atomic mass is 10.0. The normalized spacial score (nSPS) is 21.3. The molecule has 21 heavy (non-hydrogen) atoms. The van der Waals surface area contributed by atoms with Gasteiger partial charge in [-0.3, -0.25) is 0 Å². The number of hydrogen-bond donors (Lipinski definition) is 4. The third-order valence-electron chi connectivity index (χ3n) is 3.81. The van der Waals surface area contributed by atoms with E-state index in [0.29, 0.717) is 6.54 Å². The Morgan fingerprint density at radius 2 is 2.14 bits per heavy atom. The van der Waals surface area contributed by atoms with Crippen molar-refractivity contribution in [3.63, 3.8) is 0 Å². The minimum absolute atomic E-state index is 0.107. The van der Waals surface area contributed by atoms with Gasteiger partial charge in [0.25, 0.3) is 0 Å². The van der Waals surface area contributed by atoms with Crippen molar-refractivity contribution in [1.29, 1.82) is 0 Å². The van der Waals surface area contributed by atoms with E-state index in [4.69, 9.17) is 5.11 Å². The van der Waals surface area contributed by atoms with Gasteiger partial charge in [0.2, 0.25) is 0 Å². The zero-order valence-electron chi connectivity index (χ0n) is 11.6. The Bertz CT molecular complexity index is 560. The Morgan fingerprint density at radius 1 is 1.43 bits per heavy atom. The predicted molar refractivity (Wildman–Crippen MR) is 75.4 cm³/mol. The van der Waals surface area contributed by atoms with Crippen molar-refractivity contribution in [2.45, 2.75) is 19.4 Å². The van der Waals surface area contributed by atoms with Gasteiger partial charge in [-0.15, -0.1) is 0 Å². The van der Waals surface area contributed by atoms with Crippen LogP contribution in [0.2, 0.25) is 0 Å². The Hall–Kier alpha value is -2.28. The molecule has 1 aliphatic rings. The van der Waals surface area contributed by atoms with Crippen LogP contribution in [0.4, 0.5) is 10.5 Å². The molecule has 1 aromatic rings. The fraction of sp³-hybridized carbons (Fsp3) is 0.429. The van der Waals surface area contributed by atoms with Crippen LogP contribution in [0.25, 0.3) is 0 Å². The molecule has 1 aromatic carbocycles. The van der Waals surface area contributed by atoms with Crippen LogP contribution >= 0.6 is 0 Å². The number of hydrogen-bond acceptors (Lipinski definition) is 4. The molecule has 2 rings (SSSR count). The number of aliphatic hydroxyl groups excluding tert-OH is 1. The number of phenols is 1. The van der Waals surface area contributed by atoms with E-state index in [9.17, 15) is 19.8 Å². The van der Waals surface area contributed by atoms with Crippen molar-refractivity contribution in [3.05, 3.63) is 23.8 Å². The first-order valence-electron chi connectivity index (χ1n) is 6.68. The summed E-state index contributed by atoms with van der Waals surface area (Å²) in [5.41, 5.74) is 0.00717. The summed E-state index contributed by atoms with van der Waals surface area (Å²) < 4.78 is 0. The number of benzene rings is 1. The highest BCUT2D eigenvalue weighted by Crippen LogP contribution is 2.26. The van der Waals surface area contributed by atoms with Gasteiger partial charge in [-0.05, 0) is 30.5 Å². The van der Waals surface area contributed by atoms with Crippen LogP contribution in [0.5, 0.6) is 5.75 Å². The minimum Gasteiger partial charge on any atom is -0.507 e. The molecule has 7 nitrogen and oxygen atoms in total. The van der Waals surface area contributed by atoms with Crippen LogP contribution in [0, 0.1) is 5.92 Å². The summed E-state index contributed by atoms with van der Waals surface area (Å²) in [6, 6.07) is 3.22. The number of carbonyl (C=O) groups excluding carboxylic acids is 1. The number of anilines is 1. The minimum atomic E-state index is -1.27. The molecule has 1 aliphatic heterocycles. The van der Waals surface area contributed by atoms with Crippen molar-refractivity contribution in [2.24, 2.45) is 5.92 Å². The topological polar surface area (TPSA) is 110 Å². The van der Waals surface area contributed by atoms with E-state index < -0.39 is 5.97 Å². The number of aromatic hydroxyl groups is 1. The van der Waals surface area contributed by atoms with E-state index in [1.54, 1.807) is 0 Å². The molecule has 0 aromatic heterocycles. The number of aliphatic hydroxyl groups is 1. The lowest BCUT2D eigenvalue weighted by Crippen LogP contribution is -2.42. The molecule has 114 valence electrons. The number of nitrogens with zero attached hydrogens (tertiary/aromatic N) is 1. The SMILES string of the molecule is CC1CCN(C(=O)Nc2ccc(O)c(C(=O)O)c2)C1CO. The second-order valence-corrected chi connectivity index (χ2v) is 5.18. The van der Waals surface area contributed by atoms with Crippen LogP contribution in [-0.4, -0.2) is 51.4 Å². The quantitative estimate of drug-likeness (QED) is 0.629. The molecule has 0 bridgehead atoms. The smallest absolute Gasteiger partial charge is 0.339 e. The number of likely N-dealkylation sites (tertiary alicyclic amines) is 1. The summed E-state index contributed by atoms with van der Waals surface area (Å²) in [4.78, 5) is 24.7. The molecule has 1 fully saturated rings. The second kappa shape index (κ2) is 6.01. The molecule has 4 N–H and O–H groups in total. The van der Waals surface area contributed by atoms with E-state index >= 15 is 0 Å². The molecule has 1 saturated heterocycles. The van der Waals surface area contributed by atoms with Gasteiger partial charge in [0.1, 0.15) is 11.3 Å². The molecule has 2 amide bonds. The molecular formula is C14H18N2O5. The van der Waals surface area contributed by atoms with E-state index in [-0.39, 0.29) is 41.6 Å². The van der Waals surface area contributed by atoms with Gasteiger partial charge in [0, 0.05) is 12.2 Å². The van der Waals surface area contributed by atoms with Gasteiger partial charge < -0.3 is 25.5 Å². The summed E-state index contributed by atoms with van der Waals surface area (Å²) in [7, 11) is 0. The number of rotatable bonds is 3. The lowest BCUT2D eigenvalue weighted by molar-refractivity contribution is 0.0693. The van der Waals surface area contributed by atoms with Gasteiger partial charge in [0.15, 0.2) is 0 Å². The number of carbonyl (C=O) groups is 2. The largest absolute Gasteiger partial charge is 0.507 e. The second-order valence-electron chi connectivity index (χ2n) is 5.18. The number of carboxylic acid groups (broad SMARTS) is 1. The molecule has 0 radical (unpaired) electrons. The van der Waals surface area contributed by atoms with Crippen molar-refractivity contribution < 1.29 is 24.9 Å². The van der Waals surface area contributed by atoms with Gasteiger partial charge >= 0.3 is 12.0 Å². The van der Waals surface area contributed by atoms with Crippen molar-refractivity contribution in [3.8, 4) is 5.75 Å². The molecule has 0 spiro atoms. The van der Waals surface area contributed by atoms with Crippen molar-refractivity contribution in [1.82, 2.24) is 4.90 Å². The molecule has 2 unspecified atom stereocenters. The predicted octanol–water partition coefficient (Wildman–Crippen LogP) is 1.32. The highest BCUT2D eigenvalue weighted by Gasteiger charge is 2.33. The van der Waals surface area contributed by atoms with Crippen LogP contribution in [0.15, 0.2) is 18.2 Å². The maximum atomic E-state index is 12.2. The number of carboxylic acids is 1. The van der Waals surface area contributed by atoms with Crippen LogP contribution in [0.1, 0.15) is 23.7 Å². The zero-order chi connectivity index (χ0) is 15.6. The van der Waals surface area contributed by atoms with Crippen LogP contribution < -0.4 is 5.32 Å². The average Bonchev–Trinajstić information content (AvgIpc) is 2.81. The molecule has 2 atom stereocenters. The summed E-state index contributed by atoms with van der Waals surface area (Å²) >= 11 is 0. The highest BCUT2D eigenvalue weighted by molar-refractivity contribution is 5.95. The standard InChI is InChI=1S/C14H18N2O5/c1-8-4-5-16(11(8)7-17)14(21)15-9-2-3-12(18)10(6-9)13(19)20/h2-3,6,8,11,17-18H,4-5,7H2,1H3,(H,15,21)(H,19,20). The van der Waals surface area contributed by atoms with Crippen LogP contribution in [-0.2, 0) is 0 Å². The van der Waals surface area contributed by atoms with E-state index in [0.717, 1.165) is 6.42 Å². The van der Waals surface area contributed by atoms with Crippen molar-refractivity contribution in [2.75, 3.05) is 18.5 Å². The Morgan fingerprint density at radius 3 is 2.76 bits per heavy atom. The third-order valence-corrected chi connectivity index (χ3v) is 3.81. The fourth-order valence-corrected chi connectivity index (χ4v) is 2.52. The molecule has 0 saturated carbocycles. The molecule has 1 heterocycles. The van der Waals surface area contributed by atoms with Crippen LogP contribution in [0.3, 0.4) is 0 Å². The molecular weight excluding hydrogens is 276 g/mol. The summed E-state index contributed by atoms with van der Waals surface area (Å²) in [6.07, 6.45) is 0.814. The average molecular weight is 294 g/mol. The number of nitrogens with one attached hydrogen (secondary N) is 1. The number of urea groups is 1. The third kappa shape index (κ3) is 3.08. The summed E-state index contributed by atoms with van der Waals surface area (Å²) in [6.45, 7) is 2.41. The lowest BCUT2D eigenvalue weighted by Gasteiger charge is -2.25. The molecule has 0 aliphatic carbocycles. The number of aromatic carboxylic acids is 1. The highest BCUT2D eigenvalue weighted by atomic mass is 16.4. The summed E-state index contributed by atoms with van der Waals surface area (Å²) in [5.74, 6) is -1.41. The van der Waals surface area contributed by atoms with Gasteiger partial charge in [-0.25, -0.2) is 9.59 Å².